The van der Waals surface area contributed by atoms with Crippen molar-refractivity contribution in [2.24, 2.45) is 0 Å². The number of likely N-dealkylation sites (N-methyl/N-ethyl adjacent to an activating group) is 1. The molecule has 26 heavy (non-hydrogen) atoms. The Labute approximate surface area is 159 Å². The first-order valence-electron chi connectivity index (χ1n) is 8.59. The summed E-state index contributed by atoms with van der Waals surface area (Å²) in [5.41, 5.74) is 0.851. The molecule has 0 aliphatic heterocycles. The van der Waals surface area contributed by atoms with Gasteiger partial charge in [-0.05, 0) is 56.6 Å². The number of para-hydroxylation sites is 1. The number of hydrogen-bond acceptors (Lipinski definition) is 5. The third-order valence-electron chi connectivity index (χ3n) is 3.67. The van der Waals surface area contributed by atoms with Crippen molar-refractivity contribution in [3.05, 3.63) is 48.5 Å². The second kappa shape index (κ2) is 10.7. The molecule has 0 aromatic heterocycles. The number of nitrogens with zero attached hydrogens (tertiary/aromatic N) is 1. The predicted octanol–water partition coefficient (Wildman–Crippen LogP) is 3.76. The summed E-state index contributed by atoms with van der Waals surface area (Å²) in [7, 11) is 1.90. The molecule has 1 amide bonds. The number of carbonyl (C=O) groups is 1. The van der Waals surface area contributed by atoms with Gasteiger partial charge in [0, 0.05) is 11.4 Å². The average Bonchev–Trinajstić information content (AvgIpc) is 2.63. The van der Waals surface area contributed by atoms with Crippen LogP contribution in [0.5, 0.6) is 11.5 Å². The largest absolute Gasteiger partial charge is 0.494 e. The molecule has 0 radical (unpaired) electrons. The lowest BCUT2D eigenvalue weighted by molar-refractivity contribution is -0.117. The van der Waals surface area contributed by atoms with Crippen molar-refractivity contribution in [1.29, 1.82) is 0 Å². The van der Waals surface area contributed by atoms with Crippen LogP contribution in [-0.2, 0) is 4.79 Å². The fourth-order valence-electron chi connectivity index (χ4n) is 2.38. The first-order chi connectivity index (χ1) is 12.6. The molecule has 140 valence electrons. The highest BCUT2D eigenvalue weighted by Crippen LogP contribution is 2.24. The van der Waals surface area contributed by atoms with E-state index < -0.39 is 0 Å². The Hall–Kier alpha value is -2.18. The molecule has 2 rings (SSSR count). The van der Waals surface area contributed by atoms with Crippen molar-refractivity contribution in [2.45, 2.75) is 11.8 Å². The lowest BCUT2D eigenvalue weighted by atomic mass is 10.3. The van der Waals surface area contributed by atoms with Crippen LogP contribution in [0.25, 0.3) is 0 Å². The smallest absolute Gasteiger partial charge is 0.238 e. The second-order valence-electron chi connectivity index (χ2n) is 5.74. The SMILES string of the molecule is CCOc1ccc(OCCN(C)CC(=O)Nc2ccccc2SC)cc1. The van der Waals surface area contributed by atoms with Crippen LogP contribution in [0.2, 0.25) is 0 Å². The van der Waals surface area contributed by atoms with E-state index in [1.807, 2.05) is 73.7 Å². The molecular weight excluding hydrogens is 348 g/mol. The van der Waals surface area contributed by atoms with Gasteiger partial charge in [0.2, 0.25) is 5.91 Å². The molecule has 0 bridgehead atoms. The minimum absolute atomic E-state index is 0.0323. The molecule has 0 unspecified atom stereocenters. The van der Waals surface area contributed by atoms with Gasteiger partial charge < -0.3 is 14.8 Å². The quantitative estimate of drug-likeness (QED) is 0.642. The van der Waals surface area contributed by atoms with Crippen LogP contribution in [0.4, 0.5) is 5.69 Å². The summed E-state index contributed by atoms with van der Waals surface area (Å²) in [5.74, 6) is 1.59. The molecule has 0 heterocycles. The van der Waals surface area contributed by atoms with Crippen LogP contribution in [0.3, 0.4) is 0 Å². The van der Waals surface area contributed by atoms with Crippen LogP contribution in [-0.4, -0.2) is 50.4 Å². The third-order valence-corrected chi connectivity index (χ3v) is 4.47. The summed E-state index contributed by atoms with van der Waals surface area (Å²) >= 11 is 1.61. The highest BCUT2D eigenvalue weighted by Gasteiger charge is 2.09. The predicted molar refractivity (Wildman–Crippen MR) is 107 cm³/mol. The monoisotopic (exact) mass is 374 g/mol. The molecule has 0 aliphatic carbocycles. The van der Waals surface area contributed by atoms with Gasteiger partial charge in [0.15, 0.2) is 0 Å². The van der Waals surface area contributed by atoms with Gasteiger partial charge in [-0.2, -0.15) is 0 Å². The van der Waals surface area contributed by atoms with Gasteiger partial charge in [0.25, 0.3) is 0 Å². The molecule has 6 heteroatoms. The summed E-state index contributed by atoms with van der Waals surface area (Å²) in [4.78, 5) is 15.2. The van der Waals surface area contributed by atoms with Crippen molar-refractivity contribution < 1.29 is 14.3 Å². The summed E-state index contributed by atoms with van der Waals surface area (Å²) in [6.45, 7) is 4.09. The Balaban J connectivity index is 1.72. The first-order valence-corrected chi connectivity index (χ1v) is 9.82. The molecule has 0 aliphatic rings. The van der Waals surface area contributed by atoms with E-state index in [2.05, 4.69) is 5.32 Å². The molecule has 1 N–H and O–H groups in total. The van der Waals surface area contributed by atoms with E-state index in [1.54, 1.807) is 11.8 Å². The molecule has 2 aromatic carbocycles. The first kappa shape index (κ1) is 20.1. The summed E-state index contributed by atoms with van der Waals surface area (Å²) in [5, 5.41) is 2.96. The lowest BCUT2D eigenvalue weighted by Crippen LogP contribution is -2.33. The van der Waals surface area contributed by atoms with E-state index >= 15 is 0 Å². The van der Waals surface area contributed by atoms with Crippen molar-refractivity contribution in [3.8, 4) is 11.5 Å². The van der Waals surface area contributed by atoms with Crippen molar-refractivity contribution in [1.82, 2.24) is 4.90 Å². The van der Waals surface area contributed by atoms with Gasteiger partial charge >= 0.3 is 0 Å². The minimum atomic E-state index is -0.0323. The van der Waals surface area contributed by atoms with E-state index in [0.29, 0.717) is 26.3 Å². The number of nitrogens with one attached hydrogen (secondary N) is 1. The van der Waals surface area contributed by atoms with E-state index in [-0.39, 0.29) is 5.91 Å². The third kappa shape index (κ3) is 6.61. The molecule has 0 atom stereocenters. The zero-order chi connectivity index (χ0) is 18.8. The molecule has 5 nitrogen and oxygen atoms in total. The maximum absolute atomic E-state index is 12.2. The molecular formula is C20H26N2O3S. The minimum Gasteiger partial charge on any atom is -0.494 e. The van der Waals surface area contributed by atoms with Crippen LogP contribution in [0, 0.1) is 0 Å². The number of benzene rings is 2. The van der Waals surface area contributed by atoms with Gasteiger partial charge in [-0.15, -0.1) is 11.8 Å². The van der Waals surface area contributed by atoms with Gasteiger partial charge in [0.1, 0.15) is 18.1 Å². The zero-order valence-corrected chi connectivity index (χ0v) is 16.3. The zero-order valence-electron chi connectivity index (χ0n) is 15.5. The summed E-state index contributed by atoms with van der Waals surface area (Å²) < 4.78 is 11.1. The van der Waals surface area contributed by atoms with E-state index in [0.717, 1.165) is 22.1 Å². The van der Waals surface area contributed by atoms with E-state index in [1.165, 1.54) is 0 Å². The standard InChI is InChI=1S/C20H26N2O3S/c1-4-24-16-9-11-17(12-10-16)25-14-13-22(2)15-20(23)21-18-7-5-6-8-19(18)26-3/h5-12H,4,13-15H2,1-3H3,(H,21,23). The van der Waals surface area contributed by atoms with Crippen LogP contribution < -0.4 is 14.8 Å². The highest BCUT2D eigenvalue weighted by atomic mass is 32.2. The number of carbonyl (C=O) groups excluding carboxylic acids is 1. The van der Waals surface area contributed by atoms with Crippen LogP contribution >= 0.6 is 11.8 Å². The number of amides is 1. The summed E-state index contributed by atoms with van der Waals surface area (Å²) in [6.07, 6.45) is 2.00. The fraction of sp³-hybridized carbons (Fsp3) is 0.350. The molecule has 0 spiro atoms. The van der Waals surface area contributed by atoms with Crippen LogP contribution in [0.1, 0.15) is 6.92 Å². The Morgan fingerprint density at radius 1 is 1.08 bits per heavy atom. The Morgan fingerprint density at radius 2 is 1.73 bits per heavy atom. The molecule has 2 aromatic rings. The molecule has 0 saturated heterocycles. The van der Waals surface area contributed by atoms with Gasteiger partial charge in [-0.3, -0.25) is 9.69 Å². The second-order valence-corrected chi connectivity index (χ2v) is 6.59. The van der Waals surface area contributed by atoms with Crippen LogP contribution in [0.15, 0.2) is 53.4 Å². The van der Waals surface area contributed by atoms with Gasteiger partial charge in [0.05, 0.1) is 18.8 Å². The number of ether oxygens (including phenoxy) is 2. The van der Waals surface area contributed by atoms with E-state index in [4.69, 9.17) is 9.47 Å². The normalized spacial score (nSPS) is 10.6. The number of rotatable bonds is 10. The Bertz CT molecular complexity index is 692. The number of thioether (sulfide) groups is 1. The maximum Gasteiger partial charge on any atom is 0.238 e. The van der Waals surface area contributed by atoms with Crippen molar-refractivity contribution >= 4 is 23.4 Å². The van der Waals surface area contributed by atoms with Crippen molar-refractivity contribution in [2.75, 3.05) is 44.9 Å². The fourth-order valence-corrected chi connectivity index (χ4v) is 2.93. The molecule has 0 saturated carbocycles. The highest BCUT2D eigenvalue weighted by molar-refractivity contribution is 7.98. The lowest BCUT2D eigenvalue weighted by Gasteiger charge is -2.17. The van der Waals surface area contributed by atoms with Gasteiger partial charge in [-0.25, -0.2) is 0 Å². The molecule has 0 fully saturated rings. The topological polar surface area (TPSA) is 50.8 Å². The number of hydrogen-bond donors (Lipinski definition) is 1. The Kier molecular flexibility index (Phi) is 8.31. The average molecular weight is 375 g/mol. The maximum atomic E-state index is 12.2. The Morgan fingerprint density at radius 3 is 2.38 bits per heavy atom. The number of anilines is 1. The van der Waals surface area contributed by atoms with E-state index in [9.17, 15) is 4.79 Å². The summed E-state index contributed by atoms with van der Waals surface area (Å²) in [6, 6.07) is 15.3. The van der Waals surface area contributed by atoms with Gasteiger partial charge in [-0.1, -0.05) is 12.1 Å². The van der Waals surface area contributed by atoms with Crippen molar-refractivity contribution in [3.63, 3.8) is 0 Å².